The fourth-order valence-corrected chi connectivity index (χ4v) is 12.6. The number of hydrogen-bond acceptors (Lipinski definition) is 1. The number of para-hydroxylation sites is 1. The van der Waals surface area contributed by atoms with Crippen molar-refractivity contribution < 1.29 is 0 Å². The summed E-state index contributed by atoms with van der Waals surface area (Å²) in [6.07, 6.45) is 0. The van der Waals surface area contributed by atoms with Crippen LogP contribution in [-0.4, -0.2) is 0 Å². The van der Waals surface area contributed by atoms with Crippen LogP contribution in [0, 0.1) is 0 Å². The Morgan fingerprint density at radius 2 is 0.657 bits per heavy atom. The quantitative estimate of drug-likeness (QED) is 0.167. The third-order valence-electron chi connectivity index (χ3n) is 15.1. The van der Waals surface area contributed by atoms with Crippen LogP contribution in [0.3, 0.4) is 0 Å². The summed E-state index contributed by atoms with van der Waals surface area (Å²) in [5.74, 6) is 0. The second kappa shape index (κ2) is 14.5. The molecule has 3 aliphatic carbocycles. The molecule has 0 aromatic heterocycles. The summed E-state index contributed by atoms with van der Waals surface area (Å²) < 4.78 is 0. The van der Waals surface area contributed by atoms with Crippen molar-refractivity contribution in [1.29, 1.82) is 0 Å². The van der Waals surface area contributed by atoms with E-state index in [0.29, 0.717) is 0 Å². The van der Waals surface area contributed by atoms with E-state index in [-0.39, 0.29) is 0 Å². The van der Waals surface area contributed by atoms with Crippen LogP contribution >= 0.6 is 0 Å². The van der Waals surface area contributed by atoms with Gasteiger partial charge in [0.05, 0.1) is 22.2 Å². The minimum atomic E-state index is -0.561. The highest BCUT2D eigenvalue weighted by molar-refractivity contribution is 6.02. The number of fused-ring (bicyclic) bond motifs is 17. The van der Waals surface area contributed by atoms with Crippen molar-refractivity contribution >= 4 is 27.8 Å². The molecule has 14 rings (SSSR count). The van der Waals surface area contributed by atoms with Crippen LogP contribution in [0.2, 0.25) is 0 Å². The molecule has 0 unspecified atom stereocenters. The molecule has 0 radical (unpaired) electrons. The standard InChI is InChI=1S/C66H43N/c1-2-20-44(21-3-1)49-27-10-17-38-63(49)67(64-39-19-23-45-22-4-5-26-50(45)64)48-25-18-24-46(42-48)47-40-41-61-62(43-47)66(57-34-13-8-30-53(57)54-31-9-14-35-58(54)66)60-37-16-15-36-59(60)65(61)55-32-11-6-28-51(55)52-29-7-12-33-56(52)65/h1-43H. The Morgan fingerprint density at radius 1 is 0.239 bits per heavy atom. The van der Waals surface area contributed by atoms with Crippen molar-refractivity contribution in [3.63, 3.8) is 0 Å². The highest BCUT2D eigenvalue weighted by Gasteiger charge is 2.58. The molecule has 2 spiro atoms. The highest BCUT2D eigenvalue weighted by Crippen LogP contribution is 2.67. The van der Waals surface area contributed by atoms with E-state index >= 15 is 0 Å². The number of hydrogen-bond donors (Lipinski definition) is 0. The van der Waals surface area contributed by atoms with Gasteiger partial charge >= 0.3 is 0 Å². The second-order valence-corrected chi connectivity index (χ2v) is 18.3. The van der Waals surface area contributed by atoms with Gasteiger partial charge in [0.15, 0.2) is 0 Å². The average Bonchev–Trinajstić information content (AvgIpc) is 3.87. The van der Waals surface area contributed by atoms with Crippen molar-refractivity contribution in [3.05, 3.63) is 305 Å². The summed E-state index contributed by atoms with van der Waals surface area (Å²) in [5.41, 5.74) is 22.9. The molecule has 3 aliphatic rings. The number of nitrogens with zero attached hydrogens (tertiary/aromatic N) is 1. The molecule has 1 heteroatoms. The molecular weight excluding hydrogens is 807 g/mol. The van der Waals surface area contributed by atoms with Crippen LogP contribution in [0.15, 0.2) is 261 Å². The lowest BCUT2D eigenvalue weighted by molar-refractivity contribution is 0.633. The van der Waals surface area contributed by atoms with E-state index < -0.39 is 10.8 Å². The first kappa shape index (κ1) is 37.8. The van der Waals surface area contributed by atoms with Crippen molar-refractivity contribution in [2.75, 3.05) is 4.90 Å². The van der Waals surface area contributed by atoms with Crippen molar-refractivity contribution in [2.24, 2.45) is 0 Å². The lowest BCUT2D eigenvalue weighted by Gasteiger charge is -2.49. The average molecular weight is 850 g/mol. The van der Waals surface area contributed by atoms with Crippen LogP contribution in [0.4, 0.5) is 17.1 Å². The van der Waals surface area contributed by atoms with E-state index in [4.69, 9.17) is 0 Å². The minimum Gasteiger partial charge on any atom is -0.309 e. The van der Waals surface area contributed by atoms with Gasteiger partial charge in [-0.25, -0.2) is 0 Å². The summed E-state index contributed by atoms with van der Waals surface area (Å²) in [5, 5.41) is 2.41. The topological polar surface area (TPSA) is 3.24 Å². The maximum atomic E-state index is 2.56. The fourth-order valence-electron chi connectivity index (χ4n) is 12.6. The zero-order valence-corrected chi connectivity index (χ0v) is 36.8. The molecule has 1 nitrogen and oxygen atoms in total. The zero-order chi connectivity index (χ0) is 44.1. The van der Waals surface area contributed by atoms with Gasteiger partial charge in [-0.2, -0.15) is 0 Å². The Kier molecular flexibility index (Phi) is 8.18. The van der Waals surface area contributed by atoms with Crippen LogP contribution < -0.4 is 4.90 Å². The molecule has 11 aromatic rings. The van der Waals surface area contributed by atoms with E-state index in [9.17, 15) is 0 Å². The first-order valence-electron chi connectivity index (χ1n) is 23.4. The number of anilines is 3. The molecule has 0 heterocycles. The van der Waals surface area contributed by atoms with E-state index in [1.165, 1.54) is 94.2 Å². The van der Waals surface area contributed by atoms with Crippen molar-refractivity contribution in [1.82, 2.24) is 0 Å². The molecule has 0 fully saturated rings. The smallest absolute Gasteiger partial charge is 0.0720 e. The van der Waals surface area contributed by atoms with Gasteiger partial charge in [-0.05, 0) is 119 Å². The monoisotopic (exact) mass is 849 g/mol. The molecule has 0 atom stereocenters. The molecule has 0 saturated carbocycles. The molecule has 0 bridgehead atoms. The van der Waals surface area contributed by atoms with Crippen LogP contribution in [0.25, 0.3) is 55.3 Å². The van der Waals surface area contributed by atoms with Crippen molar-refractivity contribution in [2.45, 2.75) is 10.8 Å². The summed E-state index contributed by atoms with van der Waals surface area (Å²) in [6.45, 7) is 0. The predicted octanol–water partition coefficient (Wildman–Crippen LogP) is 16.7. The summed E-state index contributed by atoms with van der Waals surface area (Å²) in [7, 11) is 0. The predicted molar refractivity (Wildman–Crippen MR) is 278 cm³/mol. The van der Waals surface area contributed by atoms with Gasteiger partial charge in [0.2, 0.25) is 0 Å². The lowest BCUT2D eigenvalue weighted by atomic mass is 9.52. The Balaban J connectivity index is 1.06. The van der Waals surface area contributed by atoms with Gasteiger partial charge in [-0.1, -0.05) is 231 Å². The second-order valence-electron chi connectivity index (χ2n) is 18.3. The molecule has 0 N–H and O–H groups in total. The Labute approximate surface area is 391 Å². The fraction of sp³-hybridized carbons (Fsp3) is 0.0303. The van der Waals surface area contributed by atoms with Crippen LogP contribution in [0.5, 0.6) is 0 Å². The van der Waals surface area contributed by atoms with E-state index in [1.54, 1.807) is 0 Å². The normalized spacial score (nSPS) is 13.9. The summed E-state index contributed by atoms with van der Waals surface area (Å²) in [6, 6.07) is 97.7. The van der Waals surface area contributed by atoms with Gasteiger partial charge < -0.3 is 4.90 Å². The number of benzene rings is 11. The first-order valence-corrected chi connectivity index (χ1v) is 23.4. The lowest BCUT2D eigenvalue weighted by Crippen LogP contribution is -2.43. The Bertz CT molecular complexity index is 3690. The molecule has 0 amide bonds. The molecule has 11 aromatic carbocycles. The highest BCUT2D eigenvalue weighted by atomic mass is 15.1. The molecule has 0 saturated heterocycles. The minimum absolute atomic E-state index is 0.524. The first-order chi connectivity index (χ1) is 33.3. The third kappa shape index (κ3) is 5.14. The van der Waals surface area contributed by atoms with Crippen LogP contribution in [-0.2, 0) is 10.8 Å². The number of rotatable bonds is 5. The van der Waals surface area contributed by atoms with Gasteiger partial charge in [0.25, 0.3) is 0 Å². The van der Waals surface area contributed by atoms with Crippen LogP contribution in [0.1, 0.15) is 44.5 Å². The Morgan fingerprint density at radius 3 is 1.28 bits per heavy atom. The molecule has 67 heavy (non-hydrogen) atoms. The van der Waals surface area contributed by atoms with E-state index in [1.807, 2.05) is 0 Å². The zero-order valence-electron chi connectivity index (χ0n) is 36.8. The largest absolute Gasteiger partial charge is 0.309 e. The molecule has 0 aliphatic heterocycles. The summed E-state index contributed by atoms with van der Waals surface area (Å²) in [4.78, 5) is 2.47. The van der Waals surface area contributed by atoms with Gasteiger partial charge in [-0.15, -0.1) is 0 Å². The van der Waals surface area contributed by atoms with Gasteiger partial charge in [0, 0.05) is 16.6 Å². The van der Waals surface area contributed by atoms with E-state index in [0.717, 1.165) is 22.6 Å². The Hall–Kier alpha value is -8.52. The van der Waals surface area contributed by atoms with E-state index in [2.05, 4.69) is 266 Å². The third-order valence-corrected chi connectivity index (χ3v) is 15.1. The maximum absolute atomic E-state index is 2.56. The van der Waals surface area contributed by atoms with Gasteiger partial charge in [-0.3, -0.25) is 0 Å². The molecular formula is C66H43N. The maximum Gasteiger partial charge on any atom is 0.0720 e. The van der Waals surface area contributed by atoms with Gasteiger partial charge in [0.1, 0.15) is 0 Å². The SMILES string of the molecule is c1ccc(-c2ccccc2N(c2cccc(-c3ccc4c(c3)C3(c5ccccc5-c5ccccc53)c3ccccc3C43c4ccccc4-c4ccccc43)c2)c2cccc3ccccc23)cc1. The van der Waals surface area contributed by atoms with Crippen molar-refractivity contribution in [3.8, 4) is 44.5 Å². The summed E-state index contributed by atoms with van der Waals surface area (Å²) >= 11 is 0. The molecule has 312 valence electrons.